The fourth-order valence-corrected chi connectivity index (χ4v) is 2.95. The Kier molecular flexibility index (Phi) is 9.22. The summed E-state index contributed by atoms with van der Waals surface area (Å²) >= 11 is 1.85. The molecule has 0 radical (unpaired) electrons. The van der Waals surface area contributed by atoms with E-state index in [0.29, 0.717) is 18.4 Å². The molecule has 5 heteroatoms. The van der Waals surface area contributed by atoms with Gasteiger partial charge in [-0.15, -0.1) is 11.8 Å². The van der Waals surface area contributed by atoms with Gasteiger partial charge in [0, 0.05) is 23.7 Å². The molecule has 24 heavy (non-hydrogen) atoms. The number of hydrogen-bond acceptors (Lipinski definition) is 4. The third kappa shape index (κ3) is 9.83. The second-order valence-electron chi connectivity index (χ2n) is 7.25. The minimum atomic E-state index is -0.454. The SMILES string of the molecule is CC(C)C(CNCCSc1ccccc1)CNC(=O)OC(C)(C)C. The zero-order valence-corrected chi connectivity index (χ0v) is 16.4. The maximum atomic E-state index is 11.8. The third-order valence-electron chi connectivity index (χ3n) is 3.55. The number of benzene rings is 1. The fraction of sp³-hybridized carbons (Fsp3) is 0.632. The van der Waals surface area contributed by atoms with Crippen LogP contribution in [0, 0.1) is 11.8 Å². The zero-order valence-electron chi connectivity index (χ0n) is 15.6. The first-order valence-electron chi connectivity index (χ1n) is 8.63. The van der Waals surface area contributed by atoms with Gasteiger partial charge in [0.1, 0.15) is 5.60 Å². The summed E-state index contributed by atoms with van der Waals surface area (Å²) in [5.41, 5.74) is -0.454. The first-order valence-corrected chi connectivity index (χ1v) is 9.62. The van der Waals surface area contributed by atoms with E-state index in [-0.39, 0.29) is 6.09 Å². The van der Waals surface area contributed by atoms with E-state index in [0.717, 1.165) is 18.8 Å². The van der Waals surface area contributed by atoms with Crippen molar-refractivity contribution >= 4 is 17.9 Å². The molecule has 0 saturated heterocycles. The van der Waals surface area contributed by atoms with Crippen molar-refractivity contribution in [2.75, 3.05) is 25.4 Å². The number of alkyl carbamates (subject to hydrolysis) is 1. The molecular weight excluding hydrogens is 320 g/mol. The van der Waals surface area contributed by atoms with E-state index in [1.54, 1.807) is 0 Å². The molecule has 0 fully saturated rings. The predicted molar refractivity (Wildman–Crippen MR) is 103 cm³/mol. The van der Waals surface area contributed by atoms with Crippen LogP contribution in [0.5, 0.6) is 0 Å². The lowest BCUT2D eigenvalue weighted by Gasteiger charge is -2.24. The van der Waals surface area contributed by atoms with E-state index in [4.69, 9.17) is 4.74 Å². The highest BCUT2D eigenvalue weighted by Crippen LogP contribution is 2.16. The zero-order chi connectivity index (χ0) is 18.0. The molecule has 2 N–H and O–H groups in total. The van der Waals surface area contributed by atoms with Crippen molar-refractivity contribution in [2.45, 2.75) is 45.1 Å². The minimum absolute atomic E-state index is 0.340. The van der Waals surface area contributed by atoms with Gasteiger partial charge in [-0.2, -0.15) is 0 Å². The summed E-state index contributed by atoms with van der Waals surface area (Å²) in [7, 11) is 0. The normalized spacial score (nSPS) is 12.9. The van der Waals surface area contributed by atoms with Gasteiger partial charge >= 0.3 is 6.09 Å². The second kappa shape index (κ2) is 10.6. The lowest BCUT2D eigenvalue weighted by atomic mass is 9.96. The summed E-state index contributed by atoms with van der Waals surface area (Å²) in [6.07, 6.45) is -0.340. The molecule has 1 amide bonds. The topological polar surface area (TPSA) is 50.4 Å². The summed E-state index contributed by atoms with van der Waals surface area (Å²) < 4.78 is 5.29. The van der Waals surface area contributed by atoms with E-state index < -0.39 is 5.60 Å². The predicted octanol–water partition coefficient (Wildman–Crippen LogP) is 4.17. The van der Waals surface area contributed by atoms with Gasteiger partial charge in [0.15, 0.2) is 0 Å². The van der Waals surface area contributed by atoms with Gasteiger partial charge in [-0.3, -0.25) is 0 Å². The Morgan fingerprint density at radius 1 is 1.17 bits per heavy atom. The number of carbonyl (C=O) groups excluding carboxylic acids is 1. The van der Waals surface area contributed by atoms with E-state index in [2.05, 4.69) is 48.7 Å². The monoisotopic (exact) mass is 352 g/mol. The lowest BCUT2D eigenvalue weighted by Crippen LogP contribution is -2.39. The van der Waals surface area contributed by atoms with Crippen LogP contribution in [0.3, 0.4) is 0 Å². The minimum Gasteiger partial charge on any atom is -0.444 e. The second-order valence-corrected chi connectivity index (χ2v) is 8.42. The summed E-state index contributed by atoms with van der Waals surface area (Å²) in [5.74, 6) is 1.92. The molecule has 1 atom stereocenters. The van der Waals surface area contributed by atoms with E-state index >= 15 is 0 Å². The summed E-state index contributed by atoms with van der Waals surface area (Å²) in [6, 6.07) is 10.4. The Morgan fingerprint density at radius 2 is 1.83 bits per heavy atom. The largest absolute Gasteiger partial charge is 0.444 e. The molecule has 136 valence electrons. The van der Waals surface area contributed by atoms with Crippen molar-refractivity contribution in [3.63, 3.8) is 0 Å². The molecule has 1 aromatic carbocycles. The van der Waals surface area contributed by atoms with E-state index in [1.165, 1.54) is 4.90 Å². The first-order chi connectivity index (χ1) is 11.3. The van der Waals surface area contributed by atoms with Crippen molar-refractivity contribution in [1.29, 1.82) is 0 Å². The Morgan fingerprint density at radius 3 is 2.42 bits per heavy atom. The number of amides is 1. The molecule has 1 rings (SSSR count). The number of nitrogens with one attached hydrogen (secondary N) is 2. The summed E-state index contributed by atoms with van der Waals surface area (Å²) in [6.45, 7) is 12.5. The van der Waals surface area contributed by atoms with Gasteiger partial charge in [0.25, 0.3) is 0 Å². The molecule has 4 nitrogen and oxygen atoms in total. The van der Waals surface area contributed by atoms with Crippen molar-refractivity contribution in [3.05, 3.63) is 30.3 Å². The highest BCUT2D eigenvalue weighted by Gasteiger charge is 2.18. The van der Waals surface area contributed by atoms with Crippen molar-refractivity contribution < 1.29 is 9.53 Å². The van der Waals surface area contributed by atoms with Crippen molar-refractivity contribution in [1.82, 2.24) is 10.6 Å². The quantitative estimate of drug-likeness (QED) is 0.517. The maximum absolute atomic E-state index is 11.8. The van der Waals surface area contributed by atoms with Crippen LogP contribution in [-0.4, -0.2) is 37.1 Å². The van der Waals surface area contributed by atoms with Gasteiger partial charge < -0.3 is 15.4 Å². The van der Waals surface area contributed by atoms with Gasteiger partial charge in [-0.1, -0.05) is 32.0 Å². The van der Waals surface area contributed by atoms with Crippen LogP contribution in [0.4, 0.5) is 4.79 Å². The standard InChI is InChI=1S/C19H32N2O2S/c1-15(2)16(14-21-18(22)23-19(3,4)5)13-20-11-12-24-17-9-7-6-8-10-17/h6-10,15-16,20H,11-14H2,1-5H3,(H,21,22). The van der Waals surface area contributed by atoms with Crippen LogP contribution in [0.1, 0.15) is 34.6 Å². The van der Waals surface area contributed by atoms with Crippen LogP contribution in [0.15, 0.2) is 35.2 Å². The molecule has 1 unspecified atom stereocenters. The Hall–Kier alpha value is -1.20. The Balaban J connectivity index is 2.22. The number of hydrogen-bond donors (Lipinski definition) is 2. The number of rotatable bonds is 9. The van der Waals surface area contributed by atoms with Gasteiger partial charge in [-0.05, 0) is 51.3 Å². The molecule has 0 aliphatic rings. The van der Waals surface area contributed by atoms with Crippen molar-refractivity contribution in [3.8, 4) is 0 Å². The van der Waals surface area contributed by atoms with E-state index in [1.807, 2.05) is 38.6 Å². The fourth-order valence-electron chi connectivity index (χ4n) is 2.12. The number of carbonyl (C=O) groups is 1. The molecule has 0 aliphatic carbocycles. The van der Waals surface area contributed by atoms with Gasteiger partial charge in [0.05, 0.1) is 0 Å². The Labute approximate surface area is 151 Å². The van der Waals surface area contributed by atoms with E-state index in [9.17, 15) is 4.79 Å². The number of thioether (sulfide) groups is 1. The van der Waals surface area contributed by atoms with Crippen LogP contribution in [0.2, 0.25) is 0 Å². The molecule has 0 bridgehead atoms. The molecule has 0 aliphatic heterocycles. The number of ether oxygens (including phenoxy) is 1. The Bertz CT molecular complexity index is 472. The van der Waals surface area contributed by atoms with Crippen LogP contribution in [-0.2, 0) is 4.74 Å². The molecule has 0 heterocycles. The molecule has 0 aromatic heterocycles. The van der Waals surface area contributed by atoms with Gasteiger partial charge in [-0.25, -0.2) is 4.79 Å². The molecule has 0 saturated carbocycles. The molecule has 1 aromatic rings. The smallest absolute Gasteiger partial charge is 0.407 e. The summed E-state index contributed by atoms with van der Waals surface area (Å²) in [5, 5.41) is 6.38. The van der Waals surface area contributed by atoms with Gasteiger partial charge in [0.2, 0.25) is 0 Å². The van der Waals surface area contributed by atoms with Crippen LogP contribution < -0.4 is 10.6 Å². The highest BCUT2D eigenvalue weighted by molar-refractivity contribution is 7.99. The summed E-state index contributed by atoms with van der Waals surface area (Å²) in [4.78, 5) is 13.1. The maximum Gasteiger partial charge on any atom is 0.407 e. The average molecular weight is 353 g/mol. The van der Waals surface area contributed by atoms with Crippen LogP contribution >= 0.6 is 11.8 Å². The highest BCUT2D eigenvalue weighted by atomic mass is 32.2. The first kappa shape index (κ1) is 20.8. The lowest BCUT2D eigenvalue weighted by molar-refractivity contribution is 0.0515. The van der Waals surface area contributed by atoms with Crippen LogP contribution in [0.25, 0.3) is 0 Å². The third-order valence-corrected chi connectivity index (χ3v) is 4.56. The molecule has 0 spiro atoms. The van der Waals surface area contributed by atoms with Crippen molar-refractivity contribution in [2.24, 2.45) is 11.8 Å². The average Bonchev–Trinajstić information content (AvgIpc) is 2.48. The molecular formula is C19H32N2O2S.